The zero-order valence-electron chi connectivity index (χ0n) is 15.8. The van der Waals surface area contributed by atoms with Gasteiger partial charge in [-0.1, -0.05) is 52.0 Å². The number of nitrogens with one attached hydrogen (secondary N) is 1. The lowest BCUT2D eigenvalue weighted by Gasteiger charge is -2.24. The smallest absolute Gasteiger partial charge is 0.334 e. The Labute approximate surface area is 153 Å². The molecular formula is C19H25N3O4. The maximum atomic E-state index is 12.4. The maximum Gasteiger partial charge on any atom is 0.334 e. The molecule has 1 aliphatic rings. The Morgan fingerprint density at radius 1 is 0.962 bits per heavy atom. The summed E-state index contributed by atoms with van der Waals surface area (Å²) >= 11 is 0. The van der Waals surface area contributed by atoms with Crippen LogP contribution in [0.4, 0.5) is 4.79 Å². The van der Waals surface area contributed by atoms with Crippen molar-refractivity contribution in [2.75, 3.05) is 13.6 Å². The zero-order chi connectivity index (χ0) is 19.6. The number of benzene rings is 1. The molecule has 1 heterocycles. The highest BCUT2D eigenvalue weighted by molar-refractivity contribution is 6.44. The van der Waals surface area contributed by atoms with E-state index in [4.69, 9.17) is 0 Å². The van der Waals surface area contributed by atoms with Crippen molar-refractivity contribution in [3.8, 4) is 0 Å². The number of rotatable bonds is 6. The second-order valence-electron chi connectivity index (χ2n) is 7.15. The molecule has 0 spiro atoms. The first-order valence-electron chi connectivity index (χ1n) is 8.66. The first-order chi connectivity index (χ1) is 12.1. The van der Waals surface area contributed by atoms with Crippen LogP contribution in [-0.4, -0.2) is 47.1 Å². The topological polar surface area (TPSA) is 86.8 Å². The number of amides is 5. The summed E-state index contributed by atoms with van der Waals surface area (Å²) in [5.41, 5.74) is 2.16. The van der Waals surface area contributed by atoms with Gasteiger partial charge in [-0.05, 0) is 23.0 Å². The summed E-state index contributed by atoms with van der Waals surface area (Å²) in [6, 6.07) is 6.97. The average molecular weight is 359 g/mol. The van der Waals surface area contributed by atoms with Crippen molar-refractivity contribution in [2.24, 2.45) is 5.92 Å². The standard InChI is InChI=1S/C19H25N3O4/c1-11(2)13-6-8-14(9-7-13)16(12(3)4)20-15(23)10-22-18(25)17(24)21(5)19(22)26/h6-9,11-12,16H,10H2,1-5H3,(H,20,23)/t16-/m1/s1. The highest BCUT2D eigenvalue weighted by Crippen LogP contribution is 2.24. The Bertz CT molecular complexity index is 725. The number of imide groups is 2. The van der Waals surface area contributed by atoms with Crippen molar-refractivity contribution >= 4 is 23.8 Å². The molecule has 7 heteroatoms. The van der Waals surface area contributed by atoms with Gasteiger partial charge in [0, 0.05) is 7.05 Å². The van der Waals surface area contributed by atoms with Crippen LogP contribution in [0.1, 0.15) is 50.8 Å². The average Bonchev–Trinajstić information content (AvgIpc) is 2.77. The molecule has 1 atom stereocenters. The molecule has 1 aliphatic heterocycles. The van der Waals surface area contributed by atoms with E-state index in [1.165, 1.54) is 12.6 Å². The van der Waals surface area contributed by atoms with Crippen molar-refractivity contribution in [1.29, 1.82) is 0 Å². The minimum Gasteiger partial charge on any atom is -0.347 e. The van der Waals surface area contributed by atoms with Crippen molar-refractivity contribution in [3.63, 3.8) is 0 Å². The molecule has 2 rings (SSSR count). The summed E-state index contributed by atoms with van der Waals surface area (Å²) in [5, 5.41) is 2.86. The van der Waals surface area contributed by atoms with E-state index in [0.717, 1.165) is 5.56 Å². The van der Waals surface area contributed by atoms with Crippen LogP contribution in [0, 0.1) is 5.92 Å². The second kappa shape index (κ2) is 7.68. The van der Waals surface area contributed by atoms with Gasteiger partial charge in [0.25, 0.3) is 0 Å². The molecule has 7 nitrogen and oxygen atoms in total. The van der Waals surface area contributed by atoms with Gasteiger partial charge in [0.1, 0.15) is 6.54 Å². The largest absolute Gasteiger partial charge is 0.347 e. The molecule has 0 radical (unpaired) electrons. The van der Waals surface area contributed by atoms with E-state index < -0.39 is 30.3 Å². The first-order valence-corrected chi connectivity index (χ1v) is 8.66. The number of likely N-dealkylation sites (N-methyl/N-ethyl adjacent to an activating group) is 1. The number of carbonyl (C=O) groups is 4. The van der Waals surface area contributed by atoms with Crippen molar-refractivity contribution < 1.29 is 19.2 Å². The van der Waals surface area contributed by atoms with E-state index in [2.05, 4.69) is 19.2 Å². The Morgan fingerprint density at radius 2 is 1.50 bits per heavy atom. The van der Waals surface area contributed by atoms with Crippen LogP contribution in [0.3, 0.4) is 0 Å². The molecule has 0 saturated carbocycles. The van der Waals surface area contributed by atoms with Crippen molar-refractivity contribution in [3.05, 3.63) is 35.4 Å². The van der Waals surface area contributed by atoms with Crippen LogP contribution in [-0.2, 0) is 14.4 Å². The molecule has 26 heavy (non-hydrogen) atoms. The van der Waals surface area contributed by atoms with Gasteiger partial charge in [-0.2, -0.15) is 0 Å². The Balaban J connectivity index is 2.10. The molecule has 0 aromatic heterocycles. The summed E-state index contributed by atoms with van der Waals surface area (Å²) in [5.74, 6) is -1.86. The monoisotopic (exact) mass is 359 g/mol. The third-order valence-electron chi connectivity index (χ3n) is 4.50. The SMILES string of the molecule is CC(C)c1ccc([C@H](NC(=O)CN2C(=O)C(=O)N(C)C2=O)C(C)C)cc1. The third-order valence-corrected chi connectivity index (χ3v) is 4.50. The Hall–Kier alpha value is -2.70. The first kappa shape index (κ1) is 19.6. The van der Waals surface area contributed by atoms with E-state index in [0.29, 0.717) is 15.7 Å². The Kier molecular flexibility index (Phi) is 5.79. The lowest BCUT2D eigenvalue weighted by molar-refractivity contribution is -0.143. The van der Waals surface area contributed by atoms with E-state index in [1.54, 1.807) is 0 Å². The van der Waals surface area contributed by atoms with Crippen LogP contribution < -0.4 is 5.32 Å². The Morgan fingerprint density at radius 3 is 1.92 bits per heavy atom. The number of hydrogen-bond acceptors (Lipinski definition) is 4. The van der Waals surface area contributed by atoms with Crippen LogP contribution >= 0.6 is 0 Å². The van der Waals surface area contributed by atoms with Gasteiger partial charge < -0.3 is 5.32 Å². The van der Waals surface area contributed by atoms with Gasteiger partial charge in [-0.15, -0.1) is 0 Å². The van der Waals surface area contributed by atoms with Crippen LogP contribution in [0.2, 0.25) is 0 Å². The van der Waals surface area contributed by atoms with Gasteiger partial charge in [-0.25, -0.2) is 9.69 Å². The fraction of sp³-hybridized carbons (Fsp3) is 0.474. The minimum absolute atomic E-state index is 0.109. The lowest BCUT2D eigenvalue weighted by atomic mass is 9.93. The zero-order valence-corrected chi connectivity index (χ0v) is 15.8. The maximum absolute atomic E-state index is 12.4. The molecule has 0 unspecified atom stereocenters. The summed E-state index contributed by atoms with van der Waals surface area (Å²) in [6.45, 7) is 7.70. The molecule has 1 aromatic rings. The van der Waals surface area contributed by atoms with Gasteiger partial charge in [0.2, 0.25) is 5.91 Å². The molecule has 0 aliphatic carbocycles. The molecule has 1 fully saturated rings. The molecule has 0 bridgehead atoms. The predicted octanol–water partition coefficient (Wildman–Crippen LogP) is 2.04. The second-order valence-corrected chi connectivity index (χ2v) is 7.15. The minimum atomic E-state index is -0.977. The highest BCUT2D eigenvalue weighted by atomic mass is 16.2. The fourth-order valence-corrected chi connectivity index (χ4v) is 2.84. The number of hydrogen-bond donors (Lipinski definition) is 1. The van der Waals surface area contributed by atoms with Crippen LogP contribution in [0.15, 0.2) is 24.3 Å². The molecule has 1 N–H and O–H groups in total. The van der Waals surface area contributed by atoms with E-state index in [1.807, 2.05) is 38.1 Å². The summed E-state index contributed by atoms with van der Waals surface area (Å²) in [6.07, 6.45) is 0. The highest BCUT2D eigenvalue weighted by Gasteiger charge is 2.43. The molecule has 1 saturated heterocycles. The summed E-state index contributed by atoms with van der Waals surface area (Å²) in [7, 11) is 1.22. The molecule has 5 amide bonds. The fourth-order valence-electron chi connectivity index (χ4n) is 2.84. The molecular weight excluding hydrogens is 334 g/mol. The van der Waals surface area contributed by atoms with Gasteiger partial charge >= 0.3 is 17.8 Å². The molecule has 1 aromatic carbocycles. The van der Waals surface area contributed by atoms with Crippen molar-refractivity contribution in [1.82, 2.24) is 15.1 Å². The third kappa shape index (κ3) is 3.92. The van der Waals surface area contributed by atoms with E-state index in [9.17, 15) is 19.2 Å². The summed E-state index contributed by atoms with van der Waals surface area (Å²) in [4.78, 5) is 48.9. The van der Waals surface area contributed by atoms with E-state index >= 15 is 0 Å². The van der Waals surface area contributed by atoms with E-state index in [-0.39, 0.29) is 12.0 Å². The van der Waals surface area contributed by atoms with Crippen LogP contribution in [0.5, 0.6) is 0 Å². The normalized spacial score (nSPS) is 16.0. The van der Waals surface area contributed by atoms with Gasteiger partial charge in [0.15, 0.2) is 0 Å². The van der Waals surface area contributed by atoms with Gasteiger partial charge in [0.05, 0.1) is 6.04 Å². The number of urea groups is 1. The predicted molar refractivity (Wildman–Crippen MR) is 96.1 cm³/mol. The van der Waals surface area contributed by atoms with Gasteiger partial charge in [-0.3, -0.25) is 19.3 Å². The number of carbonyl (C=O) groups excluding carboxylic acids is 4. The molecule has 140 valence electrons. The lowest BCUT2D eigenvalue weighted by Crippen LogP contribution is -2.43. The summed E-state index contributed by atoms with van der Waals surface area (Å²) < 4.78 is 0. The number of nitrogens with zero attached hydrogens (tertiary/aromatic N) is 2. The van der Waals surface area contributed by atoms with Crippen LogP contribution in [0.25, 0.3) is 0 Å². The van der Waals surface area contributed by atoms with Crippen molar-refractivity contribution in [2.45, 2.75) is 39.7 Å². The quantitative estimate of drug-likeness (QED) is 0.622.